The molecule has 4 nitrogen and oxygen atoms in total. The summed E-state index contributed by atoms with van der Waals surface area (Å²) in [7, 11) is 3.18. The first kappa shape index (κ1) is 14.9. The van der Waals surface area contributed by atoms with E-state index in [1.54, 1.807) is 20.3 Å². The first-order valence-electron chi connectivity index (χ1n) is 7.12. The molecule has 3 aromatic rings. The fourth-order valence-electron chi connectivity index (χ4n) is 2.69. The summed E-state index contributed by atoms with van der Waals surface area (Å²) in [5.41, 5.74) is 1.70. The van der Waals surface area contributed by atoms with Crippen LogP contribution in [0.25, 0.3) is 21.9 Å². The lowest BCUT2D eigenvalue weighted by atomic mass is 9.93. The average molecular weight is 308 g/mol. The lowest BCUT2D eigenvalue weighted by Crippen LogP contribution is -2.00. The van der Waals surface area contributed by atoms with Gasteiger partial charge < -0.3 is 14.6 Å². The van der Waals surface area contributed by atoms with E-state index in [9.17, 15) is 9.90 Å². The summed E-state index contributed by atoms with van der Waals surface area (Å²) in [4.78, 5) is 11.7. The van der Waals surface area contributed by atoms with E-state index in [0.29, 0.717) is 17.1 Å². The largest absolute Gasteiger partial charge is 0.497 e. The first-order valence-corrected chi connectivity index (χ1v) is 7.12. The summed E-state index contributed by atoms with van der Waals surface area (Å²) in [6.45, 7) is 0. The standard InChI is InChI=1S/C19H16O4/c1-22-14-5-3-4-13(10-14)18-16(19(20)21)9-7-12-6-8-15(23-2)11-17(12)18/h3-11H,1-2H3,(H,20,21). The van der Waals surface area contributed by atoms with Gasteiger partial charge in [-0.15, -0.1) is 0 Å². The molecule has 0 aliphatic carbocycles. The summed E-state index contributed by atoms with van der Waals surface area (Å²) in [6, 6.07) is 16.5. The smallest absolute Gasteiger partial charge is 0.336 e. The Hall–Kier alpha value is -3.01. The highest BCUT2D eigenvalue weighted by Gasteiger charge is 2.16. The summed E-state index contributed by atoms with van der Waals surface area (Å²) in [5, 5.41) is 11.4. The van der Waals surface area contributed by atoms with Crippen LogP contribution in [0, 0.1) is 0 Å². The Morgan fingerprint density at radius 1 is 0.913 bits per heavy atom. The zero-order valence-corrected chi connectivity index (χ0v) is 12.9. The van der Waals surface area contributed by atoms with Crippen molar-refractivity contribution < 1.29 is 19.4 Å². The maximum absolute atomic E-state index is 11.7. The van der Waals surface area contributed by atoms with Crippen LogP contribution < -0.4 is 9.47 Å². The number of benzene rings is 3. The number of carbonyl (C=O) groups is 1. The predicted molar refractivity (Wildman–Crippen MR) is 89.4 cm³/mol. The van der Waals surface area contributed by atoms with Crippen molar-refractivity contribution in [3.05, 3.63) is 60.2 Å². The molecule has 0 aliphatic heterocycles. The lowest BCUT2D eigenvalue weighted by Gasteiger charge is -2.13. The third-order valence-electron chi connectivity index (χ3n) is 3.82. The predicted octanol–water partition coefficient (Wildman–Crippen LogP) is 4.22. The van der Waals surface area contributed by atoms with E-state index in [1.165, 1.54) is 0 Å². The van der Waals surface area contributed by atoms with E-state index in [0.717, 1.165) is 16.3 Å². The Balaban J connectivity index is 2.38. The topological polar surface area (TPSA) is 55.8 Å². The minimum absolute atomic E-state index is 0.249. The van der Waals surface area contributed by atoms with Crippen LogP contribution in [0.2, 0.25) is 0 Å². The van der Waals surface area contributed by atoms with Crippen LogP contribution in [-0.4, -0.2) is 25.3 Å². The number of ether oxygens (including phenoxy) is 2. The van der Waals surface area contributed by atoms with Gasteiger partial charge >= 0.3 is 5.97 Å². The van der Waals surface area contributed by atoms with E-state index in [-0.39, 0.29) is 5.56 Å². The molecule has 0 aliphatic rings. The van der Waals surface area contributed by atoms with Crippen LogP contribution in [0.15, 0.2) is 54.6 Å². The molecular formula is C19H16O4. The van der Waals surface area contributed by atoms with Crippen LogP contribution in [0.1, 0.15) is 10.4 Å². The quantitative estimate of drug-likeness (QED) is 0.784. The summed E-state index contributed by atoms with van der Waals surface area (Å²) in [6.07, 6.45) is 0. The summed E-state index contributed by atoms with van der Waals surface area (Å²) in [5.74, 6) is 0.399. The second-order valence-corrected chi connectivity index (χ2v) is 5.11. The lowest BCUT2D eigenvalue weighted by molar-refractivity contribution is 0.0698. The van der Waals surface area contributed by atoms with Crippen molar-refractivity contribution in [3.8, 4) is 22.6 Å². The molecule has 0 atom stereocenters. The fraction of sp³-hybridized carbons (Fsp3) is 0.105. The molecule has 0 aromatic heterocycles. The highest BCUT2D eigenvalue weighted by atomic mass is 16.5. The van der Waals surface area contributed by atoms with E-state index in [4.69, 9.17) is 9.47 Å². The Labute approximate surface area is 133 Å². The maximum Gasteiger partial charge on any atom is 0.336 e. The summed E-state index contributed by atoms with van der Waals surface area (Å²) < 4.78 is 10.5. The Morgan fingerprint density at radius 2 is 1.61 bits per heavy atom. The van der Waals surface area contributed by atoms with Crippen LogP contribution in [0.4, 0.5) is 0 Å². The highest BCUT2D eigenvalue weighted by molar-refractivity contribution is 6.08. The highest BCUT2D eigenvalue weighted by Crippen LogP contribution is 2.35. The van der Waals surface area contributed by atoms with Crippen molar-refractivity contribution in [2.24, 2.45) is 0 Å². The molecule has 0 saturated heterocycles. The molecule has 0 saturated carbocycles. The van der Waals surface area contributed by atoms with Gasteiger partial charge in [0.25, 0.3) is 0 Å². The maximum atomic E-state index is 11.7. The van der Waals surface area contributed by atoms with Gasteiger partial charge in [-0.3, -0.25) is 0 Å². The molecule has 4 heteroatoms. The van der Waals surface area contributed by atoms with E-state index in [2.05, 4.69) is 0 Å². The van der Waals surface area contributed by atoms with Crippen molar-refractivity contribution in [1.29, 1.82) is 0 Å². The number of hydrogen-bond acceptors (Lipinski definition) is 3. The van der Waals surface area contributed by atoms with Gasteiger partial charge in [-0.05, 0) is 46.7 Å². The van der Waals surface area contributed by atoms with Crippen LogP contribution in [0.3, 0.4) is 0 Å². The molecule has 0 fully saturated rings. The number of hydrogen-bond donors (Lipinski definition) is 1. The SMILES string of the molecule is COc1cccc(-c2c(C(=O)O)ccc3ccc(OC)cc23)c1. The average Bonchev–Trinajstić information content (AvgIpc) is 2.60. The van der Waals surface area contributed by atoms with Crippen LogP contribution >= 0.6 is 0 Å². The van der Waals surface area contributed by atoms with Gasteiger partial charge in [0.05, 0.1) is 19.8 Å². The molecule has 0 radical (unpaired) electrons. The number of fused-ring (bicyclic) bond motifs is 1. The molecule has 0 unspecified atom stereocenters. The van der Waals surface area contributed by atoms with Gasteiger partial charge in [0.2, 0.25) is 0 Å². The molecule has 0 spiro atoms. The van der Waals surface area contributed by atoms with Crippen molar-refractivity contribution in [2.75, 3.05) is 14.2 Å². The zero-order chi connectivity index (χ0) is 16.4. The van der Waals surface area contributed by atoms with Crippen LogP contribution in [-0.2, 0) is 0 Å². The number of rotatable bonds is 4. The molecular weight excluding hydrogens is 292 g/mol. The van der Waals surface area contributed by atoms with E-state index >= 15 is 0 Å². The van der Waals surface area contributed by atoms with Crippen molar-refractivity contribution in [3.63, 3.8) is 0 Å². The van der Waals surface area contributed by atoms with Crippen molar-refractivity contribution in [2.45, 2.75) is 0 Å². The second kappa shape index (κ2) is 6.01. The number of carboxylic acid groups (broad SMARTS) is 1. The van der Waals surface area contributed by atoms with Gasteiger partial charge in [0, 0.05) is 5.56 Å². The normalized spacial score (nSPS) is 10.5. The monoisotopic (exact) mass is 308 g/mol. The van der Waals surface area contributed by atoms with Gasteiger partial charge in [0.15, 0.2) is 0 Å². The van der Waals surface area contributed by atoms with Gasteiger partial charge in [-0.1, -0.05) is 24.3 Å². The van der Waals surface area contributed by atoms with Crippen molar-refractivity contribution >= 4 is 16.7 Å². The molecule has 3 aromatic carbocycles. The zero-order valence-electron chi connectivity index (χ0n) is 12.9. The Morgan fingerprint density at radius 3 is 2.30 bits per heavy atom. The minimum atomic E-state index is -0.965. The number of methoxy groups -OCH3 is 2. The molecule has 0 heterocycles. The third kappa shape index (κ3) is 2.71. The number of carboxylic acids is 1. The molecule has 3 rings (SSSR count). The summed E-state index contributed by atoms with van der Waals surface area (Å²) >= 11 is 0. The van der Waals surface area contributed by atoms with Gasteiger partial charge in [0.1, 0.15) is 11.5 Å². The Kier molecular flexibility index (Phi) is 3.89. The molecule has 116 valence electrons. The van der Waals surface area contributed by atoms with Gasteiger partial charge in [-0.2, -0.15) is 0 Å². The van der Waals surface area contributed by atoms with E-state index < -0.39 is 5.97 Å². The fourth-order valence-corrected chi connectivity index (χ4v) is 2.69. The molecule has 23 heavy (non-hydrogen) atoms. The molecule has 0 bridgehead atoms. The molecule has 0 amide bonds. The second-order valence-electron chi connectivity index (χ2n) is 5.11. The van der Waals surface area contributed by atoms with Crippen LogP contribution in [0.5, 0.6) is 11.5 Å². The third-order valence-corrected chi connectivity index (χ3v) is 3.82. The van der Waals surface area contributed by atoms with Crippen molar-refractivity contribution in [1.82, 2.24) is 0 Å². The minimum Gasteiger partial charge on any atom is -0.497 e. The Bertz CT molecular complexity index is 884. The van der Waals surface area contributed by atoms with Gasteiger partial charge in [-0.25, -0.2) is 4.79 Å². The molecule has 1 N–H and O–H groups in total. The number of aromatic carboxylic acids is 1. The first-order chi connectivity index (χ1) is 11.1. The van der Waals surface area contributed by atoms with E-state index in [1.807, 2.05) is 48.5 Å².